The van der Waals surface area contributed by atoms with E-state index in [0.717, 1.165) is 24.6 Å². The van der Waals surface area contributed by atoms with Gasteiger partial charge in [0.2, 0.25) is 0 Å². The highest BCUT2D eigenvalue weighted by Crippen LogP contribution is 2.52. The highest BCUT2D eigenvalue weighted by atomic mass is 79.9. The Morgan fingerprint density at radius 1 is 0.639 bits per heavy atom. The minimum atomic E-state index is -4.72. The van der Waals surface area contributed by atoms with Crippen LogP contribution in [0.3, 0.4) is 0 Å². The molecule has 2 amide bonds. The number of nitrogens with one attached hydrogen (secondary N) is 2. The third-order valence-electron chi connectivity index (χ3n) is 7.41. The lowest BCUT2D eigenvalue weighted by Crippen LogP contribution is -2.35. The number of nitro groups is 4. The Kier molecular flexibility index (Phi) is 20.5. The van der Waals surface area contributed by atoms with Crippen molar-refractivity contribution in [3.05, 3.63) is 75.8 Å². The number of alkyl halides is 2. The standard InChI is InChI=1S/C28H37Br2N8O20PS2/c1-60(51,52)57-13-9-33(7-3-29)25-21(15-19(35(41)42)17-23(25)37(45)46)27(39)31-5-11-55-59(49,50)56-12-6-32-28(40)22-16-20(36(43)44)18-24(38(47)48)26(22)34(8-4-30)10-14-58-61(2,53)54/h15-18,49-50H,3-14H2,1-2H3,(H-,31,32,39,40)/p+1. The number of rotatable bonds is 28. The van der Waals surface area contributed by atoms with Crippen molar-refractivity contribution in [3.8, 4) is 0 Å². The van der Waals surface area contributed by atoms with E-state index < -0.39 is 145 Å². The lowest BCUT2D eigenvalue weighted by atomic mass is 10.1. The molecule has 0 saturated heterocycles. The summed E-state index contributed by atoms with van der Waals surface area (Å²) in [5, 5.41) is 52.0. The van der Waals surface area contributed by atoms with Gasteiger partial charge in [0.25, 0.3) is 54.8 Å². The first-order valence-electron chi connectivity index (χ1n) is 16.8. The summed E-state index contributed by atoms with van der Waals surface area (Å²) in [7, 11) is -12.6. The molecule has 0 unspecified atom stereocenters. The van der Waals surface area contributed by atoms with Gasteiger partial charge in [-0.05, 0) is 0 Å². The van der Waals surface area contributed by atoms with Crippen molar-refractivity contribution in [1.82, 2.24) is 10.6 Å². The molecule has 4 N–H and O–H groups in total. The molecule has 2 aromatic carbocycles. The van der Waals surface area contributed by atoms with Crippen LogP contribution in [0.15, 0.2) is 24.3 Å². The first kappa shape index (κ1) is 52.8. The monoisotopic (exact) mass is 1060 g/mol. The van der Waals surface area contributed by atoms with Crippen molar-refractivity contribution >= 4 is 106 Å². The van der Waals surface area contributed by atoms with E-state index in [4.69, 9.17) is 17.4 Å². The number of amides is 2. The Hall–Kier alpha value is -4.37. The molecule has 2 aromatic rings. The van der Waals surface area contributed by atoms with Crippen molar-refractivity contribution < 1.29 is 73.3 Å². The Labute approximate surface area is 363 Å². The number of carbonyl (C=O) groups is 2. The van der Waals surface area contributed by atoms with E-state index in [0.29, 0.717) is 12.1 Å². The predicted molar refractivity (Wildman–Crippen MR) is 221 cm³/mol. The minimum Gasteiger partial charge on any atom is -0.362 e. The lowest BCUT2D eigenvalue weighted by Gasteiger charge is -2.25. The van der Waals surface area contributed by atoms with Gasteiger partial charge in [0.05, 0.1) is 68.7 Å². The number of nitrogens with zero attached hydrogens (tertiary/aromatic N) is 6. The van der Waals surface area contributed by atoms with Gasteiger partial charge in [-0.15, -0.1) is 0 Å². The molecule has 0 radical (unpaired) electrons. The first-order chi connectivity index (χ1) is 28.3. The molecule has 0 atom stereocenters. The zero-order chi connectivity index (χ0) is 46.3. The van der Waals surface area contributed by atoms with Crippen LogP contribution in [0.2, 0.25) is 0 Å². The van der Waals surface area contributed by atoms with E-state index in [-0.39, 0.29) is 36.8 Å². The van der Waals surface area contributed by atoms with Crippen molar-refractivity contribution in [3.63, 3.8) is 0 Å². The van der Waals surface area contributed by atoms with E-state index in [1.165, 1.54) is 9.80 Å². The zero-order valence-corrected chi connectivity index (χ0v) is 37.4. The van der Waals surface area contributed by atoms with Crippen LogP contribution in [0.5, 0.6) is 0 Å². The van der Waals surface area contributed by atoms with E-state index in [9.17, 15) is 76.7 Å². The van der Waals surface area contributed by atoms with Gasteiger partial charge >= 0.3 is 8.17 Å². The van der Waals surface area contributed by atoms with E-state index in [2.05, 4.69) is 42.5 Å². The molecule has 0 bridgehead atoms. The summed E-state index contributed by atoms with van der Waals surface area (Å²) in [6, 6.07) is 2.70. The molecule has 61 heavy (non-hydrogen) atoms. The maximum Gasteiger partial charge on any atom is 0.570 e. The molecule has 340 valence electrons. The molecule has 2 rings (SSSR count). The summed E-state index contributed by atoms with van der Waals surface area (Å²) < 4.78 is 65.2. The normalized spacial score (nSPS) is 11.8. The summed E-state index contributed by atoms with van der Waals surface area (Å²) in [6.45, 7) is -4.34. The maximum absolute atomic E-state index is 13.3. The SMILES string of the molecule is CS(=O)(=O)OCCN(CCBr)c1c(C(=O)NCCO[P+](O)(O)OCCNC(=O)c2cc([N+](=O)[O-])cc([N+](=O)[O-])c2N(CCBr)CCOS(C)(=O)=O)cc([N+](=O)[O-])cc1[N+](=O)[O-]. The van der Waals surface area contributed by atoms with Crippen LogP contribution in [0.1, 0.15) is 20.7 Å². The number of benzene rings is 2. The Morgan fingerprint density at radius 2 is 0.984 bits per heavy atom. The fourth-order valence-electron chi connectivity index (χ4n) is 5.07. The first-order valence-corrected chi connectivity index (χ1v) is 24.2. The van der Waals surface area contributed by atoms with Crippen LogP contribution >= 0.6 is 40.0 Å². The van der Waals surface area contributed by atoms with E-state index in [1.54, 1.807) is 0 Å². The lowest BCUT2D eigenvalue weighted by molar-refractivity contribution is -0.394. The number of hydrogen-bond donors (Lipinski definition) is 4. The second-order valence-corrected chi connectivity index (χ2v) is 18.2. The van der Waals surface area contributed by atoms with Gasteiger partial charge in [0.15, 0.2) is 0 Å². The summed E-state index contributed by atoms with van der Waals surface area (Å²) in [6.07, 6.45) is 1.53. The van der Waals surface area contributed by atoms with Crippen LogP contribution in [0, 0.1) is 40.5 Å². The van der Waals surface area contributed by atoms with Gasteiger partial charge in [-0.3, -0.25) is 58.4 Å². The molecule has 0 spiro atoms. The smallest absolute Gasteiger partial charge is 0.362 e. The predicted octanol–water partition coefficient (Wildman–Crippen LogP) is 1.53. The quantitative estimate of drug-likeness (QED) is 0.0234. The molecule has 28 nitrogen and oxygen atoms in total. The Morgan fingerprint density at radius 3 is 1.26 bits per heavy atom. The zero-order valence-electron chi connectivity index (χ0n) is 31.7. The van der Waals surface area contributed by atoms with Crippen LogP contribution in [-0.4, -0.2) is 147 Å². The third-order valence-corrected chi connectivity index (χ3v) is 10.3. The van der Waals surface area contributed by atoms with Crippen molar-refractivity contribution in [2.45, 2.75) is 0 Å². The molecule has 0 aliphatic rings. The molecule has 33 heteroatoms. The average molecular weight is 1060 g/mol. The van der Waals surface area contributed by atoms with Crippen LogP contribution in [0.25, 0.3) is 0 Å². The number of non-ortho nitro benzene ring substituents is 2. The minimum absolute atomic E-state index is 0.0698. The van der Waals surface area contributed by atoms with Crippen molar-refractivity contribution in [2.24, 2.45) is 0 Å². The number of anilines is 2. The van der Waals surface area contributed by atoms with Crippen molar-refractivity contribution in [1.29, 1.82) is 0 Å². The van der Waals surface area contributed by atoms with Gasteiger partial charge in [0.1, 0.15) is 24.6 Å². The molecule has 0 aromatic heterocycles. The fourth-order valence-corrected chi connectivity index (χ4v) is 7.41. The molecular formula is C28H38Br2N8O20PS2+. The van der Waals surface area contributed by atoms with Crippen molar-refractivity contribution in [2.75, 3.05) is 98.7 Å². The highest BCUT2D eigenvalue weighted by Gasteiger charge is 2.40. The summed E-state index contributed by atoms with van der Waals surface area (Å²) >= 11 is 6.30. The topological polar surface area (TPSA) is 383 Å². The van der Waals surface area contributed by atoms with E-state index >= 15 is 0 Å². The number of hydrogen-bond acceptors (Lipinski definition) is 22. The Bertz CT molecular complexity index is 2040. The largest absolute Gasteiger partial charge is 0.570 e. The summed E-state index contributed by atoms with van der Waals surface area (Å²) in [5.41, 5.74) is -5.44. The third kappa shape index (κ3) is 17.5. The molecule has 0 aliphatic carbocycles. The van der Waals surface area contributed by atoms with Crippen LogP contribution in [-0.2, 0) is 37.6 Å². The van der Waals surface area contributed by atoms with Gasteiger partial charge in [-0.25, -0.2) is 0 Å². The van der Waals surface area contributed by atoms with Crippen LogP contribution in [0.4, 0.5) is 34.1 Å². The molecule has 0 saturated carbocycles. The number of nitro benzene ring substituents is 4. The van der Waals surface area contributed by atoms with E-state index in [1.807, 2.05) is 0 Å². The second-order valence-electron chi connectivity index (χ2n) is 11.8. The summed E-state index contributed by atoms with van der Waals surface area (Å²) in [5.74, 6) is -2.26. The highest BCUT2D eigenvalue weighted by molar-refractivity contribution is 9.09. The number of carbonyl (C=O) groups excluding carboxylic acids is 2. The number of halogens is 2. The molecule has 0 aliphatic heterocycles. The summed E-state index contributed by atoms with van der Waals surface area (Å²) in [4.78, 5) is 92.8. The fraction of sp³-hybridized carbons (Fsp3) is 0.500. The van der Waals surface area contributed by atoms with Gasteiger partial charge in [-0.2, -0.15) is 35.7 Å². The molecule has 0 fully saturated rings. The second kappa shape index (κ2) is 23.7. The molecular weight excluding hydrogens is 1020 g/mol. The van der Waals surface area contributed by atoms with Gasteiger partial charge in [0, 0.05) is 62.1 Å². The van der Waals surface area contributed by atoms with Gasteiger partial charge < -0.3 is 20.4 Å². The van der Waals surface area contributed by atoms with Gasteiger partial charge in [-0.1, -0.05) is 31.9 Å². The molecule has 0 heterocycles. The Balaban J connectivity index is 2.20. The maximum atomic E-state index is 13.3. The van der Waals surface area contributed by atoms with Crippen LogP contribution < -0.4 is 20.4 Å². The average Bonchev–Trinajstić information content (AvgIpc) is 3.15.